The molecule has 0 N–H and O–H groups in total. The maximum absolute atomic E-state index is 12.7. The quantitative estimate of drug-likeness (QED) is 0.849. The van der Waals surface area contributed by atoms with E-state index in [1.54, 1.807) is 17.4 Å². The van der Waals surface area contributed by atoms with Gasteiger partial charge in [0, 0.05) is 19.1 Å². The number of hydrogen-bond donors (Lipinski definition) is 0. The fraction of sp³-hybridized carbons (Fsp3) is 0.438. The van der Waals surface area contributed by atoms with Crippen molar-refractivity contribution in [3.8, 4) is 0 Å². The Morgan fingerprint density at radius 3 is 2.10 bits per heavy atom. The van der Waals surface area contributed by atoms with Crippen LogP contribution in [0.15, 0.2) is 45.6 Å². The molecule has 21 heavy (non-hydrogen) atoms. The minimum Gasteiger partial charge on any atom is -0.467 e. The van der Waals surface area contributed by atoms with E-state index in [0.717, 1.165) is 24.4 Å². The van der Waals surface area contributed by atoms with Gasteiger partial charge in [0.2, 0.25) is 5.91 Å². The van der Waals surface area contributed by atoms with Gasteiger partial charge in [0.1, 0.15) is 11.5 Å². The molecule has 0 aliphatic carbocycles. The standard InChI is InChI=1S/C16H19NO4/c18-16(13-5-9-19-10-6-13)17(11-14-3-1-7-20-14)12-15-4-2-8-21-15/h1-4,7-8,13H,5-6,9-12H2. The topological polar surface area (TPSA) is 55.8 Å². The Bertz CT molecular complexity index is 505. The van der Waals surface area contributed by atoms with Crippen molar-refractivity contribution in [1.29, 1.82) is 0 Å². The molecule has 2 aromatic heterocycles. The van der Waals surface area contributed by atoms with Gasteiger partial charge in [0.05, 0.1) is 25.6 Å². The lowest BCUT2D eigenvalue weighted by Crippen LogP contribution is -2.37. The number of carbonyl (C=O) groups is 1. The van der Waals surface area contributed by atoms with E-state index in [9.17, 15) is 4.79 Å². The predicted molar refractivity (Wildman–Crippen MR) is 75.2 cm³/mol. The molecule has 1 aliphatic rings. The summed E-state index contributed by atoms with van der Waals surface area (Å²) in [5.41, 5.74) is 0. The van der Waals surface area contributed by atoms with Crippen LogP contribution in [0.3, 0.4) is 0 Å². The van der Waals surface area contributed by atoms with E-state index in [1.807, 2.05) is 24.3 Å². The molecule has 3 heterocycles. The van der Waals surface area contributed by atoms with Gasteiger partial charge >= 0.3 is 0 Å². The van der Waals surface area contributed by atoms with Crippen molar-refractivity contribution in [2.24, 2.45) is 5.92 Å². The van der Waals surface area contributed by atoms with Crippen LogP contribution in [0, 0.1) is 5.92 Å². The van der Waals surface area contributed by atoms with Gasteiger partial charge in [0.25, 0.3) is 0 Å². The van der Waals surface area contributed by atoms with Crippen LogP contribution in [-0.4, -0.2) is 24.0 Å². The zero-order valence-electron chi connectivity index (χ0n) is 11.9. The Labute approximate surface area is 123 Å². The average molecular weight is 289 g/mol. The summed E-state index contributed by atoms with van der Waals surface area (Å²) < 4.78 is 16.1. The monoisotopic (exact) mass is 289 g/mol. The van der Waals surface area contributed by atoms with Crippen LogP contribution in [-0.2, 0) is 22.6 Å². The molecule has 1 aliphatic heterocycles. The summed E-state index contributed by atoms with van der Waals surface area (Å²) in [5, 5.41) is 0. The maximum atomic E-state index is 12.7. The van der Waals surface area contributed by atoms with Crippen molar-refractivity contribution in [2.45, 2.75) is 25.9 Å². The first-order chi connectivity index (χ1) is 10.3. The molecule has 3 rings (SSSR count). The van der Waals surface area contributed by atoms with Crippen molar-refractivity contribution < 1.29 is 18.4 Å². The largest absolute Gasteiger partial charge is 0.467 e. The van der Waals surface area contributed by atoms with Crippen molar-refractivity contribution in [2.75, 3.05) is 13.2 Å². The van der Waals surface area contributed by atoms with Gasteiger partial charge in [-0.25, -0.2) is 0 Å². The van der Waals surface area contributed by atoms with Gasteiger partial charge in [-0.3, -0.25) is 4.79 Å². The highest BCUT2D eigenvalue weighted by molar-refractivity contribution is 5.78. The normalized spacial score (nSPS) is 16.0. The van der Waals surface area contributed by atoms with E-state index < -0.39 is 0 Å². The second-order valence-corrected chi connectivity index (χ2v) is 5.24. The molecule has 2 aromatic rings. The molecule has 0 atom stereocenters. The predicted octanol–water partition coefficient (Wildman–Crippen LogP) is 2.83. The lowest BCUT2D eigenvalue weighted by molar-refractivity contribution is -0.140. The van der Waals surface area contributed by atoms with E-state index in [0.29, 0.717) is 26.3 Å². The smallest absolute Gasteiger partial charge is 0.226 e. The molecular weight excluding hydrogens is 270 g/mol. The van der Waals surface area contributed by atoms with Crippen LogP contribution in [0.2, 0.25) is 0 Å². The number of carbonyl (C=O) groups excluding carboxylic acids is 1. The highest BCUT2D eigenvalue weighted by atomic mass is 16.5. The van der Waals surface area contributed by atoms with Crippen LogP contribution >= 0.6 is 0 Å². The van der Waals surface area contributed by atoms with E-state index in [1.165, 1.54) is 0 Å². The fourth-order valence-corrected chi connectivity index (χ4v) is 2.60. The Morgan fingerprint density at radius 1 is 1.05 bits per heavy atom. The molecule has 0 bridgehead atoms. The number of amides is 1. The number of furan rings is 2. The third kappa shape index (κ3) is 3.55. The van der Waals surface area contributed by atoms with Gasteiger partial charge in [-0.2, -0.15) is 0 Å². The summed E-state index contributed by atoms with van der Waals surface area (Å²) in [6, 6.07) is 7.43. The summed E-state index contributed by atoms with van der Waals surface area (Å²) in [5.74, 6) is 1.73. The first kappa shape index (κ1) is 13.9. The molecule has 5 heteroatoms. The molecule has 0 spiro atoms. The minimum atomic E-state index is 0.0312. The lowest BCUT2D eigenvalue weighted by Gasteiger charge is -2.28. The lowest BCUT2D eigenvalue weighted by atomic mass is 9.98. The Hall–Kier alpha value is -2.01. The van der Waals surface area contributed by atoms with Gasteiger partial charge in [-0.1, -0.05) is 0 Å². The van der Waals surface area contributed by atoms with Crippen molar-refractivity contribution in [3.05, 3.63) is 48.3 Å². The molecule has 1 saturated heterocycles. The van der Waals surface area contributed by atoms with Crippen LogP contribution in [0.25, 0.3) is 0 Å². The molecule has 1 amide bonds. The summed E-state index contributed by atoms with van der Waals surface area (Å²) in [6.07, 6.45) is 4.82. The summed E-state index contributed by atoms with van der Waals surface area (Å²) in [4.78, 5) is 14.5. The zero-order valence-corrected chi connectivity index (χ0v) is 11.9. The molecule has 1 fully saturated rings. The third-order valence-electron chi connectivity index (χ3n) is 3.74. The Kier molecular flexibility index (Phi) is 4.40. The number of rotatable bonds is 5. The second kappa shape index (κ2) is 6.63. The molecule has 112 valence electrons. The van der Waals surface area contributed by atoms with E-state index in [2.05, 4.69) is 0 Å². The molecule has 0 radical (unpaired) electrons. The Morgan fingerprint density at radius 2 is 1.62 bits per heavy atom. The molecule has 5 nitrogen and oxygen atoms in total. The summed E-state index contributed by atoms with van der Waals surface area (Å²) >= 11 is 0. The highest BCUT2D eigenvalue weighted by Crippen LogP contribution is 2.21. The van der Waals surface area contributed by atoms with Gasteiger partial charge in [0.15, 0.2) is 0 Å². The zero-order chi connectivity index (χ0) is 14.5. The summed E-state index contributed by atoms with van der Waals surface area (Å²) in [6.45, 7) is 2.24. The van der Waals surface area contributed by atoms with Crippen LogP contribution in [0.5, 0.6) is 0 Å². The highest BCUT2D eigenvalue weighted by Gasteiger charge is 2.27. The number of ether oxygens (including phenoxy) is 1. The first-order valence-electron chi connectivity index (χ1n) is 7.24. The van der Waals surface area contributed by atoms with Crippen molar-refractivity contribution in [1.82, 2.24) is 4.90 Å². The van der Waals surface area contributed by atoms with Gasteiger partial charge in [-0.15, -0.1) is 0 Å². The molecular formula is C16H19NO4. The maximum Gasteiger partial charge on any atom is 0.226 e. The summed E-state index contributed by atoms with van der Waals surface area (Å²) in [7, 11) is 0. The van der Waals surface area contributed by atoms with E-state index >= 15 is 0 Å². The fourth-order valence-electron chi connectivity index (χ4n) is 2.60. The van der Waals surface area contributed by atoms with E-state index in [-0.39, 0.29) is 11.8 Å². The molecule has 0 aromatic carbocycles. The van der Waals surface area contributed by atoms with Crippen molar-refractivity contribution >= 4 is 5.91 Å². The average Bonchev–Trinajstić information content (AvgIpc) is 3.20. The second-order valence-electron chi connectivity index (χ2n) is 5.24. The number of hydrogen-bond acceptors (Lipinski definition) is 4. The Balaban J connectivity index is 1.72. The molecule has 0 unspecified atom stereocenters. The van der Waals surface area contributed by atoms with Gasteiger partial charge in [-0.05, 0) is 37.1 Å². The van der Waals surface area contributed by atoms with Gasteiger partial charge < -0.3 is 18.5 Å². The van der Waals surface area contributed by atoms with Crippen LogP contribution < -0.4 is 0 Å². The van der Waals surface area contributed by atoms with E-state index in [4.69, 9.17) is 13.6 Å². The molecule has 0 saturated carbocycles. The number of nitrogens with zero attached hydrogens (tertiary/aromatic N) is 1. The third-order valence-corrected chi connectivity index (χ3v) is 3.74. The van der Waals surface area contributed by atoms with Crippen LogP contribution in [0.1, 0.15) is 24.4 Å². The SMILES string of the molecule is O=C(C1CCOCC1)N(Cc1ccco1)Cc1ccco1. The minimum absolute atomic E-state index is 0.0312. The van der Waals surface area contributed by atoms with Crippen molar-refractivity contribution in [3.63, 3.8) is 0 Å². The first-order valence-corrected chi connectivity index (χ1v) is 7.24. The van der Waals surface area contributed by atoms with Crippen LogP contribution in [0.4, 0.5) is 0 Å².